The summed E-state index contributed by atoms with van der Waals surface area (Å²) in [6.45, 7) is 11.6. The zero-order valence-electron chi connectivity index (χ0n) is 12.1. The summed E-state index contributed by atoms with van der Waals surface area (Å²) >= 11 is 0. The van der Waals surface area contributed by atoms with E-state index in [1.165, 1.54) is 25.7 Å². The minimum absolute atomic E-state index is 0.121. The first-order chi connectivity index (χ1) is 8.03. The van der Waals surface area contributed by atoms with E-state index in [1.54, 1.807) is 0 Å². The molecule has 0 spiro atoms. The SMILES string of the molecule is CCCC[C@@H]1[C@H](C)C[C@H]2N1P(C)O[C@@]2(C)CC. The Labute approximate surface area is 108 Å². The molecule has 5 atom stereocenters. The summed E-state index contributed by atoms with van der Waals surface area (Å²) in [6, 6.07) is 1.46. The average Bonchev–Trinajstić information content (AvgIpc) is 2.74. The Morgan fingerprint density at radius 2 is 2.12 bits per heavy atom. The fraction of sp³-hybridized carbons (Fsp3) is 1.00. The van der Waals surface area contributed by atoms with Crippen molar-refractivity contribution in [3.05, 3.63) is 0 Å². The smallest absolute Gasteiger partial charge is 0.102 e. The van der Waals surface area contributed by atoms with E-state index in [0.717, 1.165) is 18.4 Å². The number of hydrogen-bond donors (Lipinski definition) is 0. The topological polar surface area (TPSA) is 12.5 Å². The molecule has 2 fully saturated rings. The lowest BCUT2D eigenvalue weighted by Crippen LogP contribution is -2.40. The average molecular weight is 257 g/mol. The van der Waals surface area contributed by atoms with Gasteiger partial charge < -0.3 is 4.52 Å². The van der Waals surface area contributed by atoms with Crippen LogP contribution in [0.5, 0.6) is 0 Å². The van der Waals surface area contributed by atoms with Gasteiger partial charge in [-0.05, 0) is 38.8 Å². The maximum Gasteiger partial charge on any atom is 0.102 e. The monoisotopic (exact) mass is 257 g/mol. The number of nitrogens with zero attached hydrogens (tertiary/aromatic N) is 1. The quantitative estimate of drug-likeness (QED) is 0.692. The summed E-state index contributed by atoms with van der Waals surface area (Å²) < 4.78 is 9.06. The van der Waals surface area contributed by atoms with Gasteiger partial charge in [0.05, 0.1) is 5.60 Å². The Kier molecular flexibility index (Phi) is 4.17. The molecule has 0 aromatic heterocycles. The summed E-state index contributed by atoms with van der Waals surface area (Å²) in [5.74, 6) is 0.853. The van der Waals surface area contributed by atoms with E-state index in [2.05, 4.69) is 39.0 Å². The minimum Gasteiger partial charge on any atom is -0.336 e. The zero-order valence-corrected chi connectivity index (χ0v) is 13.0. The van der Waals surface area contributed by atoms with Crippen LogP contribution in [0.2, 0.25) is 0 Å². The van der Waals surface area contributed by atoms with Crippen molar-refractivity contribution in [2.75, 3.05) is 6.66 Å². The lowest BCUT2D eigenvalue weighted by Gasteiger charge is -2.28. The van der Waals surface area contributed by atoms with Crippen molar-refractivity contribution in [3.8, 4) is 0 Å². The molecule has 0 amide bonds. The predicted octanol–water partition coefficient (Wildman–Crippen LogP) is 4.40. The van der Waals surface area contributed by atoms with Crippen LogP contribution in [0.3, 0.4) is 0 Å². The van der Waals surface area contributed by atoms with Gasteiger partial charge in [0, 0.05) is 12.1 Å². The summed E-state index contributed by atoms with van der Waals surface area (Å²) in [7, 11) is -0.348. The molecule has 0 N–H and O–H groups in total. The van der Waals surface area contributed by atoms with Gasteiger partial charge in [-0.25, -0.2) is 0 Å². The molecule has 17 heavy (non-hydrogen) atoms. The number of rotatable bonds is 4. The highest BCUT2D eigenvalue weighted by Crippen LogP contribution is 2.61. The molecule has 0 bridgehead atoms. The molecule has 1 unspecified atom stereocenters. The molecular weight excluding hydrogens is 229 g/mol. The Hall–Kier alpha value is 0.350. The molecule has 0 aromatic carbocycles. The molecule has 0 radical (unpaired) electrons. The van der Waals surface area contributed by atoms with Crippen LogP contribution in [0.4, 0.5) is 0 Å². The molecule has 0 saturated carbocycles. The normalized spacial score (nSPS) is 46.4. The van der Waals surface area contributed by atoms with Crippen LogP contribution in [-0.2, 0) is 4.52 Å². The summed E-state index contributed by atoms with van der Waals surface area (Å²) in [5, 5.41) is 0. The maximum atomic E-state index is 6.31. The fourth-order valence-corrected chi connectivity index (χ4v) is 6.02. The number of fused-ring (bicyclic) bond motifs is 1. The van der Waals surface area contributed by atoms with E-state index >= 15 is 0 Å². The second-order valence-corrected chi connectivity index (χ2v) is 7.61. The predicted molar refractivity (Wildman–Crippen MR) is 75.3 cm³/mol. The molecule has 2 nitrogen and oxygen atoms in total. The Balaban J connectivity index is 2.13. The second-order valence-electron chi connectivity index (χ2n) is 6.04. The van der Waals surface area contributed by atoms with Gasteiger partial charge in [-0.15, -0.1) is 0 Å². The first kappa shape index (κ1) is 13.8. The lowest BCUT2D eigenvalue weighted by molar-refractivity contribution is 0.0830. The molecule has 0 aromatic rings. The van der Waals surface area contributed by atoms with E-state index in [9.17, 15) is 0 Å². The number of unbranched alkanes of at least 4 members (excludes halogenated alkanes) is 1. The summed E-state index contributed by atoms with van der Waals surface area (Å²) in [5.41, 5.74) is 0.121. The van der Waals surface area contributed by atoms with Gasteiger partial charge in [-0.3, -0.25) is 4.67 Å². The summed E-state index contributed by atoms with van der Waals surface area (Å²) in [6.07, 6.45) is 6.53. The van der Waals surface area contributed by atoms with E-state index in [-0.39, 0.29) is 13.9 Å². The van der Waals surface area contributed by atoms with Crippen molar-refractivity contribution >= 4 is 8.30 Å². The molecule has 2 aliphatic rings. The van der Waals surface area contributed by atoms with Crippen LogP contribution in [0.1, 0.15) is 59.8 Å². The van der Waals surface area contributed by atoms with Crippen molar-refractivity contribution in [1.82, 2.24) is 4.67 Å². The minimum atomic E-state index is -0.348. The lowest BCUT2D eigenvalue weighted by atomic mass is 9.89. The van der Waals surface area contributed by atoms with Gasteiger partial charge in [-0.1, -0.05) is 33.6 Å². The molecule has 0 aliphatic carbocycles. The van der Waals surface area contributed by atoms with Crippen LogP contribution >= 0.6 is 8.30 Å². The van der Waals surface area contributed by atoms with Gasteiger partial charge in [0.25, 0.3) is 0 Å². The molecule has 2 aliphatic heterocycles. The largest absolute Gasteiger partial charge is 0.336 e. The van der Waals surface area contributed by atoms with Gasteiger partial charge in [0.15, 0.2) is 0 Å². The van der Waals surface area contributed by atoms with Crippen molar-refractivity contribution < 1.29 is 4.52 Å². The third-order valence-electron chi connectivity index (χ3n) is 4.84. The van der Waals surface area contributed by atoms with Gasteiger partial charge in [0.1, 0.15) is 8.30 Å². The highest BCUT2D eigenvalue weighted by Gasteiger charge is 2.55. The van der Waals surface area contributed by atoms with E-state index in [4.69, 9.17) is 4.52 Å². The fourth-order valence-electron chi connectivity index (χ4n) is 3.58. The molecule has 2 heterocycles. The molecule has 2 saturated heterocycles. The third kappa shape index (κ3) is 2.29. The second kappa shape index (κ2) is 5.15. The van der Waals surface area contributed by atoms with E-state index in [1.807, 2.05) is 0 Å². The van der Waals surface area contributed by atoms with Gasteiger partial charge in [-0.2, -0.15) is 0 Å². The Bertz CT molecular complexity index is 273. The molecular formula is C14H28NOP. The van der Waals surface area contributed by atoms with Crippen LogP contribution in [0, 0.1) is 5.92 Å². The van der Waals surface area contributed by atoms with Crippen molar-refractivity contribution in [1.29, 1.82) is 0 Å². The van der Waals surface area contributed by atoms with Crippen LogP contribution in [0.25, 0.3) is 0 Å². The van der Waals surface area contributed by atoms with E-state index < -0.39 is 0 Å². The first-order valence-electron chi connectivity index (χ1n) is 7.24. The Morgan fingerprint density at radius 3 is 2.71 bits per heavy atom. The molecule has 2 rings (SSSR count). The van der Waals surface area contributed by atoms with Crippen molar-refractivity contribution in [2.24, 2.45) is 5.92 Å². The Morgan fingerprint density at radius 1 is 1.41 bits per heavy atom. The zero-order chi connectivity index (χ0) is 12.6. The third-order valence-corrected chi connectivity index (χ3v) is 6.74. The number of hydrogen-bond acceptors (Lipinski definition) is 2. The van der Waals surface area contributed by atoms with Crippen LogP contribution in [-0.4, -0.2) is 29.0 Å². The first-order valence-corrected chi connectivity index (χ1v) is 8.90. The van der Waals surface area contributed by atoms with Crippen molar-refractivity contribution in [3.63, 3.8) is 0 Å². The molecule has 3 heteroatoms. The standard InChI is InChI=1S/C14H28NOP/c1-6-8-9-12-11(3)10-13-14(4,7-2)16-17(5)15(12)13/h11-13H,6-10H2,1-5H3/t11-,12-,13-,14+,17?/m1/s1. The highest BCUT2D eigenvalue weighted by atomic mass is 31.2. The van der Waals surface area contributed by atoms with Gasteiger partial charge in [0.2, 0.25) is 0 Å². The van der Waals surface area contributed by atoms with Crippen molar-refractivity contribution in [2.45, 2.75) is 77.5 Å². The van der Waals surface area contributed by atoms with Crippen LogP contribution in [0.15, 0.2) is 0 Å². The maximum absolute atomic E-state index is 6.31. The van der Waals surface area contributed by atoms with Gasteiger partial charge >= 0.3 is 0 Å². The highest BCUT2D eigenvalue weighted by molar-refractivity contribution is 7.49. The van der Waals surface area contributed by atoms with Crippen LogP contribution < -0.4 is 0 Å². The molecule has 100 valence electrons. The van der Waals surface area contributed by atoms with E-state index in [0.29, 0.717) is 6.04 Å². The summed E-state index contributed by atoms with van der Waals surface area (Å²) in [4.78, 5) is 0.